The third-order valence-corrected chi connectivity index (χ3v) is 3.84. The summed E-state index contributed by atoms with van der Waals surface area (Å²) in [5.74, 6) is 0.190. The molecule has 3 N–H and O–H groups in total. The summed E-state index contributed by atoms with van der Waals surface area (Å²) < 4.78 is 0. The molecule has 1 heterocycles. The van der Waals surface area contributed by atoms with Gasteiger partial charge in [-0.15, -0.1) is 0 Å². The molecule has 20 heavy (non-hydrogen) atoms. The van der Waals surface area contributed by atoms with Crippen LogP contribution in [0.3, 0.4) is 0 Å². The van der Waals surface area contributed by atoms with Gasteiger partial charge < -0.3 is 16.0 Å². The first-order valence-corrected chi connectivity index (χ1v) is 7.57. The number of halogens is 1. The first-order chi connectivity index (χ1) is 9.69. The van der Waals surface area contributed by atoms with Crippen molar-refractivity contribution in [3.63, 3.8) is 0 Å². The van der Waals surface area contributed by atoms with Crippen molar-refractivity contribution in [2.24, 2.45) is 5.73 Å². The van der Waals surface area contributed by atoms with Gasteiger partial charge in [0.25, 0.3) is 0 Å². The molecule has 1 aliphatic heterocycles. The molecule has 4 nitrogen and oxygen atoms in total. The van der Waals surface area contributed by atoms with Crippen LogP contribution in [0.5, 0.6) is 0 Å². The molecule has 0 radical (unpaired) electrons. The van der Waals surface area contributed by atoms with Crippen LogP contribution in [0.4, 0.5) is 5.69 Å². The minimum atomic E-state index is -0.0529. The maximum Gasteiger partial charge on any atom is 0.224 e. The van der Waals surface area contributed by atoms with Gasteiger partial charge >= 0.3 is 0 Å². The Kier molecular flexibility index (Phi) is 5.68. The summed E-state index contributed by atoms with van der Waals surface area (Å²) in [7, 11) is 0. The number of benzene rings is 1. The molecule has 1 aromatic rings. The Morgan fingerprint density at radius 3 is 2.75 bits per heavy atom. The van der Waals surface area contributed by atoms with Gasteiger partial charge in [-0.1, -0.05) is 17.7 Å². The standard InChI is InChI=1S/C15H22ClN3O/c16-12-5-4-6-13(9-12)18-14(11-17)10-15(20)19-7-2-1-3-8-19/h4-6,9,14,18H,1-3,7-8,10-11,17H2. The molecule has 110 valence electrons. The molecule has 0 spiro atoms. The number of nitrogens with zero attached hydrogens (tertiary/aromatic N) is 1. The average molecular weight is 296 g/mol. The SMILES string of the molecule is NCC(CC(=O)N1CCCCC1)Nc1cccc(Cl)c1. The number of carbonyl (C=O) groups is 1. The van der Waals surface area contributed by atoms with E-state index < -0.39 is 0 Å². The van der Waals surface area contributed by atoms with Crippen molar-refractivity contribution in [3.05, 3.63) is 29.3 Å². The van der Waals surface area contributed by atoms with E-state index in [4.69, 9.17) is 17.3 Å². The Morgan fingerprint density at radius 2 is 2.10 bits per heavy atom. The van der Waals surface area contributed by atoms with Gasteiger partial charge in [0, 0.05) is 42.8 Å². The Balaban J connectivity index is 1.89. The number of piperidine rings is 1. The largest absolute Gasteiger partial charge is 0.380 e. The fourth-order valence-corrected chi connectivity index (χ4v) is 2.68. The van der Waals surface area contributed by atoms with E-state index in [2.05, 4.69) is 5.32 Å². The van der Waals surface area contributed by atoms with Gasteiger partial charge in [0.1, 0.15) is 0 Å². The lowest BCUT2D eigenvalue weighted by Crippen LogP contribution is -2.40. The third-order valence-electron chi connectivity index (χ3n) is 3.61. The highest BCUT2D eigenvalue weighted by Gasteiger charge is 2.20. The van der Waals surface area contributed by atoms with Gasteiger partial charge in [0.05, 0.1) is 0 Å². The second-order valence-corrected chi connectivity index (χ2v) is 5.67. The topological polar surface area (TPSA) is 58.4 Å². The maximum atomic E-state index is 12.2. The summed E-state index contributed by atoms with van der Waals surface area (Å²) in [5.41, 5.74) is 6.67. The van der Waals surface area contributed by atoms with Crippen LogP contribution >= 0.6 is 11.6 Å². The van der Waals surface area contributed by atoms with Crippen molar-refractivity contribution in [1.29, 1.82) is 0 Å². The van der Waals surface area contributed by atoms with E-state index in [1.54, 1.807) is 0 Å². The van der Waals surface area contributed by atoms with Crippen LogP contribution in [0, 0.1) is 0 Å². The van der Waals surface area contributed by atoms with Crippen LogP contribution in [0.1, 0.15) is 25.7 Å². The van der Waals surface area contributed by atoms with E-state index in [1.807, 2.05) is 29.2 Å². The van der Waals surface area contributed by atoms with Crippen molar-refractivity contribution in [2.45, 2.75) is 31.7 Å². The molecule has 0 saturated carbocycles. The fourth-order valence-electron chi connectivity index (χ4n) is 2.49. The number of nitrogens with two attached hydrogens (primary N) is 1. The smallest absolute Gasteiger partial charge is 0.224 e. The second-order valence-electron chi connectivity index (χ2n) is 5.23. The Hall–Kier alpha value is -1.26. The monoisotopic (exact) mass is 295 g/mol. The van der Waals surface area contributed by atoms with Gasteiger partial charge in [0.15, 0.2) is 0 Å². The molecule has 1 atom stereocenters. The van der Waals surface area contributed by atoms with Gasteiger partial charge in [-0.3, -0.25) is 4.79 Å². The average Bonchev–Trinajstić information content (AvgIpc) is 2.47. The van der Waals surface area contributed by atoms with Crippen molar-refractivity contribution in [3.8, 4) is 0 Å². The van der Waals surface area contributed by atoms with E-state index in [0.717, 1.165) is 31.6 Å². The highest BCUT2D eigenvalue weighted by atomic mass is 35.5. The molecule has 1 aromatic carbocycles. The summed E-state index contributed by atoms with van der Waals surface area (Å²) >= 11 is 5.95. The van der Waals surface area contributed by atoms with Crippen LogP contribution in [0.2, 0.25) is 5.02 Å². The lowest BCUT2D eigenvalue weighted by molar-refractivity contribution is -0.132. The summed E-state index contributed by atoms with van der Waals surface area (Å²) in [4.78, 5) is 14.2. The molecule has 1 amide bonds. The fraction of sp³-hybridized carbons (Fsp3) is 0.533. The Bertz CT molecular complexity index is 446. The number of nitrogens with one attached hydrogen (secondary N) is 1. The molecule has 0 bridgehead atoms. The summed E-state index contributed by atoms with van der Waals surface area (Å²) in [6.07, 6.45) is 3.88. The lowest BCUT2D eigenvalue weighted by Gasteiger charge is -2.28. The highest BCUT2D eigenvalue weighted by Crippen LogP contribution is 2.17. The highest BCUT2D eigenvalue weighted by molar-refractivity contribution is 6.30. The van der Waals surface area contributed by atoms with E-state index in [-0.39, 0.29) is 11.9 Å². The number of carbonyl (C=O) groups excluding carboxylic acids is 1. The zero-order chi connectivity index (χ0) is 14.4. The van der Waals surface area contributed by atoms with Crippen LogP contribution in [0.15, 0.2) is 24.3 Å². The number of likely N-dealkylation sites (tertiary alicyclic amines) is 1. The van der Waals surface area contributed by atoms with E-state index in [0.29, 0.717) is 18.0 Å². The molecule has 1 unspecified atom stereocenters. The number of hydrogen-bond donors (Lipinski definition) is 2. The molecule has 2 rings (SSSR count). The molecule has 0 aliphatic carbocycles. The first kappa shape index (κ1) is 15.1. The van der Waals surface area contributed by atoms with E-state index in [9.17, 15) is 4.79 Å². The maximum absolute atomic E-state index is 12.2. The molecular formula is C15H22ClN3O. The molecular weight excluding hydrogens is 274 g/mol. The van der Waals surface area contributed by atoms with Gasteiger partial charge in [-0.05, 0) is 37.5 Å². The van der Waals surface area contributed by atoms with Crippen LogP contribution < -0.4 is 11.1 Å². The number of hydrogen-bond acceptors (Lipinski definition) is 3. The zero-order valence-corrected chi connectivity index (χ0v) is 12.4. The van der Waals surface area contributed by atoms with Gasteiger partial charge in [0.2, 0.25) is 5.91 Å². The van der Waals surface area contributed by atoms with Crippen molar-refractivity contribution < 1.29 is 4.79 Å². The van der Waals surface area contributed by atoms with Crippen LogP contribution in [-0.4, -0.2) is 36.5 Å². The number of rotatable bonds is 5. The van der Waals surface area contributed by atoms with Crippen LogP contribution in [0.25, 0.3) is 0 Å². The quantitative estimate of drug-likeness (QED) is 0.877. The minimum Gasteiger partial charge on any atom is -0.380 e. The van der Waals surface area contributed by atoms with Crippen LogP contribution in [-0.2, 0) is 4.79 Å². The molecule has 5 heteroatoms. The normalized spacial score (nSPS) is 16.8. The molecule has 1 aliphatic rings. The Morgan fingerprint density at radius 1 is 1.35 bits per heavy atom. The number of amides is 1. The summed E-state index contributed by atoms with van der Waals surface area (Å²) in [5, 5.41) is 3.96. The van der Waals surface area contributed by atoms with Crippen molar-refractivity contribution in [1.82, 2.24) is 4.90 Å². The lowest BCUT2D eigenvalue weighted by atomic mass is 10.1. The molecule has 1 fully saturated rings. The van der Waals surface area contributed by atoms with Gasteiger partial charge in [-0.2, -0.15) is 0 Å². The first-order valence-electron chi connectivity index (χ1n) is 7.19. The molecule has 0 aromatic heterocycles. The Labute approximate surface area is 125 Å². The summed E-state index contributed by atoms with van der Waals surface area (Å²) in [6.45, 7) is 2.19. The predicted octanol–water partition coefficient (Wildman–Crippen LogP) is 2.48. The number of anilines is 1. The minimum absolute atomic E-state index is 0.0529. The summed E-state index contributed by atoms with van der Waals surface area (Å²) in [6, 6.07) is 7.42. The van der Waals surface area contributed by atoms with E-state index >= 15 is 0 Å². The van der Waals surface area contributed by atoms with Crippen molar-refractivity contribution >= 4 is 23.2 Å². The molecule has 1 saturated heterocycles. The zero-order valence-electron chi connectivity index (χ0n) is 11.6. The second kappa shape index (κ2) is 7.50. The predicted molar refractivity (Wildman–Crippen MR) is 83.0 cm³/mol. The van der Waals surface area contributed by atoms with E-state index in [1.165, 1.54) is 6.42 Å². The van der Waals surface area contributed by atoms with Crippen molar-refractivity contribution in [2.75, 3.05) is 25.0 Å². The van der Waals surface area contributed by atoms with Gasteiger partial charge in [-0.25, -0.2) is 0 Å². The third kappa shape index (κ3) is 4.39.